The molecule has 0 aromatic rings. The molecule has 0 aliphatic carbocycles. The van der Waals surface area contributed by atoms with E-state index in [9.17, 15) is 4.79 Å². The molecule has 0 aliphatic rings. The van der Waals surface area contributed by atoms with Crippen LogP contribution in [0.1, 0.15) is 110 Å². The van der Waals surface area contributed by atoms with E-state index in [4.69, 9.17) is 5.11 Å². The summed E-state index contributed by atoms with van der Waals surface area (Å²) >= 11 is 0. The van der Waals surface area contributed by atoms with Crippen molar-refractivity contribution in [3.05, 3.63) is 0 Å². The number of hydrogen-bond donors (Lipinski definition) is 1. The monoisotopic (exact) mass is 402 g/mol. The molecular formula is C18H39InO2. The van der Waals surface area contributed by atoms with Crippen LogP contribution in [0.4, 0.5) is 0 Å². The molecule has 3 heteroatoms. The van der Waals surface area contributed by atoms with Crippen LogP contribution in [0.3, 0.4) is 0 Å². The first kappa shape index (κ1) is 23.6. The second-order valence-electron chi connectivity index (χ2n) is 6.09. The van der Waals surface area contributed by atoms with Crippen LogP contribution in [0.15, 0.2) is 0 Å². The Morgan fingerprint density at radius 2 is 0.905 bits per heavy atom. The van der Waals surface area contributed by atoms with E-state index in [1.165, 1.54) is 83.5 Å². The summed E-state index contributed by atoms with van der Waals surface area (Å²) in [5.41, 5.74) is 0. The summed E-state index contributed by atoms with van der Waals surface area (Å²) in [7, 11) is 0. The van der Waals surface area contributed by atoms with Crippen LogP contribution < -0.4 is 0 Å². The van der Waals surface area contributed by atoms with Crippen LogP contribution in [0.5, 0.6) is 0 Å². The van der Waals surface area contributed by atoms with Crippen molar-refractivity contribution in [3.8, 4) is 0 Å². The first-order valence-electron chi connectivity index (χ1n) is 8.99. The van der Waals surface area contributed by atoms with Gasteiger partial charge in [0.1, 0.15) is 0 Å². The Balaban J connectivity index is 0. The average molecular weight is 402 g/mol. The topological polar surface area (TPSA) is 37.3 Å². The van der Waals surface area contributed by atoms with E-state index < -0.39 is 5.97 Å². The van der Waals surface area contributed by atoms with Crippen molar-refractivity contribution in [2.45, 2.75) is 110 Å². The van der Waals surface area contributed by atoms with E-state index in [-0.39, 0.29) is 25.8 Å². The zero-order valence-electron chi connectivity index (χ0n) is 13.7. The summed E-state index contributed by atoms with van der Waals surface area (Å²) in [6.07, 6.45) is 20.2. The number of carboxylic acids is 1. The van der Waals surface area contributed by atoms with Gasteiger partial charge < -0.3 is 5.11 Å². The Morgan fingerprint density at radius 1 is 0.619 bits per heavy atom. The van der Waals surface area contributed by atoms with Gasteiger partial charge in [-0.05, 0) is 6.42 Å². The van der Waals surface area contributed by atoms with Gasteiger partial charge in [0.25, 0.3) is 0 Å². The zero-order valence-corrected chi connectivity index (χ0v) is 13.7. The van der Waals surface area contributed by atoms with Crippen molar-refractivity contribution in [2.24, 2.45) is 0 Å². The molecule has 0 radical (unpaired) electrons. The minimum atomic E-state index is -0.653. The summed E-state index contributed by atoms with van der Waals surface area (Å²) in [6.45, 7) is 2.27. The van der Waals surface area contributed by atoms with Crippen LogP contribution in [0.2, 0.25) is 0 Å². The predicted octanol–water partition coefficient (Wildman–Crippen LogP) is 5.15. The molecule has 0 atom stereocenters. The quantitative estimate of drug-likeness (QED) is 0.363. The van der Waals surface area contributed by atoms with Crippen molar-refractivity contribution >= 4 is 31.8 Å². The first-order chi connectivity index (χ1) is 9.77. The molecule has 1 N–H and O–H groups in total. The zero-order chi connectivity index (χ0) is 14.9. The van der Waals surface area contributed by atoms with Gasteiger partial charge in [-0.15, -0.1) is 0 Å². The summed E-state index contributed by atoms with van der Waals surface area (Å²) in [6, 6.07) is 0. The first-order valence-corrected chi connectivity index (χ1v) is 8.99. The molecule has 2 nitrogen and oxygen atoms in total. The molecule has 0 saturated carbocycles. The Hall–Kier alpha value is 0.340. The van der Waals surface area contributed by atoms with Gasteiger partial charge in [0, 0.05) is 6.42 Å². The van der Waals surface area contributed by atoms with Gasteiger partial charge >= 0.3 is 31.8 Å². The number of rotatable bonds is 16. The molecule has 0 fully saturated rings. The van der Waals surface area contributed by atoms with E-state index in [1.54, 1.807) is 0 Å². The molecule has 0 aromatic carbocycles. The molecule has 21 heavy (non-hydrogen) atoms. The van der Waals surface area contributed by atoms with Crippen molar-refractivity contribution in [2.75, 3.05) is 0 Å². The normalized spacial score (nSPS) is 10.3. The van der Waals surface area contributed by atoms with Crippen LogP contribution in [-0.4, -0.2) is 36.9 Å². The molecular weight excluding hydrogens is 363 g/mol. The van der Waals surface area contributed by atoms with Gasteiger partial charge in [-0.1, -0.05) is 96.8 Å². The Morgan fingerprint density at radius 3 is 1.19 bits per heavy atom. The molecule has 0 aromatic heterocycles. The molecule has 126 valence electrons. The Bertz CT molecular complexity index is 207. The third-order valence-corrected chi connectivity index (χ3v) is 3.99. The van der Waals surface area contributed by atoms with Crippen molar-refractivity contribution in [1.29, 1.82) is 0 Å². The van der Waals surface area contributed by atoms with Gasteiger partial charge in [0.2, 0.25) is 0 Å². The number of carbonyl (C=O) groups is 1. The SMILES string of the molecule is CCCCCCCCCCCCCCCCCC(=O)O.[InH3]. The standard InChI is InChI=1S/C18H36O2.In.3H/c1-2-3-4-5-6-7-8-9-10-11-12-13-14-15-16-17-18(19)20;;;;/h2-17H2,1H3,(H,19,20);;;;. The van der Waals surface area contributed by atoms with E-state index in [0.717, 1.165) is 12.8 Å². The molecule has 0 aliphatic heterocycles. The fraction of sp³-hybridized carbons (Fsp3) is 0.944. The second kappa shape index (κ2) is 20.3. The van der Waals surface area contributed by atoms with Gasteiger partial charge in [-0.3, -0.25) is 4.79 Å². The maximum atomic E-state index is 10.3. The molecule has 0 rings (SSSR count). The molecule has 0 saturated heterocycles. The molecule has 0 spiro atoms. The Labute approximate surface area is 151 Å². The molecule has 0 amide bonds. The molecule has 0 heterocycles. The minimum absolute atomic E-state index is 0. The van der Waals surface area contributed by atoms with E-state index in [0.29, 0.717) is 6.42 Å². The molecule has 0 unspecified atom stereocenters. The number of carboxylic acid groups (broad SMARTS) is 1. The van der Waals surface area contributed by atoms with Gasteiger partial charge in [-0.2, -0.15) is 0 Å². The van der Waals surface area contributed by atoms with Crippen molar-refractivity contribution in [3.63, 3.8) is 0 Å². The molecule has 0 bridgehead atoms. The van der Waals surface area contributed by atoms with E-state index in [1.807, 2.05) is 0 Å². The van der Waals surface area contributed by atoms with Crippen LogP contribution in [0.25, 0.3) is 0 Å². The van der Waals surface area contributed by atoms with Crippen LogP contribution in [-0.2, 0) is 4.79 Å². The number of hydrogen-bond acceptors (Lipinski definition) is 1. The third-order valence-electron chi connectivity index (χ3n) is 3.99. The summed E-state index contributed by atoms with van der Waals surface area (Å²) in [5, 5.41) is 8.52. The number of unbranched alkanes of at least 4 members (excludes halogenated alkanes) is 14. The predicted molar refractivity (Wildman–Crippen MR) is 97.1 cm³/mol. The van der Waals surface area contributed by atoms with Crippen molar-refractivity contribution in [1.82, 2.24) is 0 Å². The van der Waals surface area contributed by atoms with E-state index in [2.05, 4.69) is 6.92 Å². The third kappa shape index (κ3) is 22.8. The summed E-state index contributed by atoms with van der Waals surface area (Å²) < 4.78 is 0. The summed E-state index contributed by atoms with van der Waals surface area (Å²) in [4.78, 5) is 10.3. The summed E-state index contributed by atoms with van der Waals surface area (Å²) in [5.74, 6) is -0.653. The van der Waals surface area contributed by atoms with E-state index >= 15 is 0 Å². The average Bonchev–Trinajstić information content (AvgIpc) is 2.43. The fourth-order valence-electron chi connectivity index (χ4n) is 2.65. The van der Waals surface area contributed by atoms with Crippen LogP contribution in [0, 0.1) is 0 Å². The van der Waals surface area contributed by atoms with Gasteiger partial charge in [0.05, 0.1) is 0 Å². The second-order valence-corrected chi connectivity index (χ2v) is 6.09. The van der Waals surface area contributed by atoms with Gasteiger partial charge in [0.15, 0.2) is 0 Å². The maximum absolute atomic E-state index is 10.3. The van der Waals surface area contributed by atoms with Gasteiger partial charge in [-0.25, -0.2) is 0 Å². The van der Waals surface area contributed by atoms with Crippen molar-refractivity contribution < 1.29 is 9.90 Å². The van der Waals surface area contributed by atoms with Crippen LogP contribution >= 0.6 is 0 Å². The fourth-order valence-corrected chi connectivity index (χ4v) is 2.65. The Kier molecular flexibility index (Phi) is 22.9. The number of aliphatic carboxylic acids is 1.